The smallest absolute Gasteiger partial charge is 0.270 e. The number of non-ortho nitro benzene ring substituents is 1. The Bertz CT molecular complexity index is 1270. The van der Waals surface area contributed by atoms with E-state index in [2.05, 4.69) is 39.1 Å². The van der Waals surface area contributed by atoms with Crippen molar-refractivity contribution in [2.24, 2.45) is 4.99 Å². The number of nitro groups is 1. The lowest BCUT2D eigenvalue weighted by molar-refractivity contribution is -0.384. The highest BCUT2D eigenvalue weighted by molar-refractivity contribution is 6.19. The molecule has 8 heteroatoms. The number of amides is 1. The standard InChI is InChI=1S/C29H31N5O3/c35-28-22-30-29(23-9-3-1-4-10-23)26-21-25(34(36)37)13-14-27(26)33(28)16-8-7-15-31-17-19-32(20-18-31)24-11-5-2-6-12-24/h1-6,9-14,21H,7-8,15-20,22H2. The average molecular weight is 498 g/mol. The Hall–Kier alpha value is -4.04. The molecular formula is C29H31N5O3. The zero-order valence-corrected chi connectivity index (χ0v) is 20.8. The lowest BCUT2D eigenvalue weighted by atomic mass is 9.99. The van der Waals surface area contributed by atoms with E-state index in [-0.39, 0.29) is 18.1 Å². The molecule has 1 saturated heterocycles. The number of nitrogens with zero attached hydrogens (tertiary/aromatic N) is 5. The van der Waals surface area contributed by atoms with Crippen LogP contribution in [0.3, 0.4) is 0 Å². The molecule has 1 fully saturated rings. The van der Waals surface area contributed by atoms with Gasteiger partial charge >= 0.3 is 0 Å². The lowest BCUT2D eigenvalue weighted by Gasteiger charge is -2.36. The van der Waals surface area contributed by atoms with Crippen molar-refractivity contribution in [3.8, 4) is 0 Å². The van der Waals surface area contributed by atoms with Gasteiger partial charge in [-0.2, -0.15) is 0 Å². The van der Waals surface area contributed by atoms with Gasteiger partial charge in [-0.1, -0.05) is 48.5 Å². The van der Waals surface area contributed by atoms with Gasteiger partial charge in [-0.25, -0.2) is 0 Å². The van der Waals surface area contributed by atoms with Crippen LogP contribution in [0, 0.1) is 10.1 Å². The van der Waals surface area contributed by atoms with Crippen LogP contribution in [0.1, 0.15) is 24.0 Å². The molecule has 2 heterocycles. The zero-order chi connectivity index (χ0) is 25.6. The Labute approximate surface area is 217 Å². The van der Waals surface area contributed by atoms with Crippen LogP contribution in [-0.2, 0) is 4.79 Å². The summed E-state index contributed by atoms with van der Waals surface area (Å²) in [5, 5.41) is 11.5. The van der Waals surface area contributed by atoms with Crippen LogP contribution >= 0.6 is 0 Å². The van der Waals surface area contributed by atoms with E-state index in [0.717, 1.165) is 51.1 Å². The van der Waals surface area contributed by atoms with E-state index in [1.54, 1.807) is 17.0 Å². The number of unbranched alkanes of at least 4 members (excludes halogenated alkanes) is 1. The van der Waals surface area contributed by atoms with Gasteiger partial charge in [0.2, 0.25) is 5.91 Å². The number of fused-ring (bicyclic) bond motifs is 1. The van der Waals surface area contributed by atoms with Crippen LogP contribution in [-0.4, -0.2) is 67.3 Å². The van der Waals surface area contributed by atoms with Crippen molar-refractivity contribution in [1.29, 1.82) is 0 Å². The molecule has 3 aromatic carbocycles. The summed E-state index contributed by atoms with van der Waals surface area (Å²) in [4.78, 5) is 35.5. The molecule has 0 N–H and O–H groups in total. The molecule has 2 aliphatic rings. The van der Waals surface area contributed by atoms with Gasteiger partial charge in [-0.15, -0.1) is 0 Å². The molecule has 0 aliphatic carbocycles. The molecule has 1 amide bonds. The zero-order valence-electron chi connectivity index (χ0n) is 20.8. The highest BCUT2D eigenvalue weighted by Gasteiger charge is 2.27. The summed E-state index contributed by atoms with van der Waals surface area (Å²) in [5.41, 5.74) is 4.04. The van der Waals surface area contributed by atoms with Crippen molar-refractivity contribution < 1.29 is 9.72 Å². The summed E-state index contributed by atoms with van der Waals surface area (Å²) < 4.78 is 0. The largest absolute Gasteiger partial charge is 0.369 e. The fourth-order valence-corrected chi connectivity index (χ4v) is 5.08. The first kappa shape index (κ1) is 24.6. The number of benzene rings is 3. The molecule has 0 bridgehead atoms. The molecule has 0 aromatic heterocycles. The molecule has 0 spiro atoms. The van der Waals surface area contributed by atoms with Crippen molar-refractivity contribution in [2.45, 2.75) is 12.8 Å². The predicted octanol–water partition coefficient (Wildman–Crippen LogP) is 4.38. The summed E-state index contributed by atoms with van der Waals surface area (Å²) in [6.45, 7) is 5.65. The van der Waals surface area contributed by atoms with E-state index < -0.39 is 4.92 Å². The van der Waals surface area contributed by atoms with E-state index in [0.29, 0.717) is 23.5 Å². The third-order valence-electron chi connectivity index (χ3n) is 7.06. The molecular weight excluding hydrogens is 466 g/mol. The topological polar surface area (TPSA) is 82.3 Å². The molecule has 8 nitrogen and oxygen atoms in total. The second-order valence-electron chi connectivity index (χ2n) is 9.41. The number of hydrogen-bond donors (Lipinski definition) is 0. The van der Waals surface area contributed by atoms with Crippen LogP contribution in [0.25, 0.3) is 0 Å². The number of rotatable bonds is 8. The Morgan fingerprint density at radius 2 is 1.51 bits per heavy atom. The van der Waals surface area contributed by atoms with Crippen molar-refractivity contribution in [3.05, 3.63) is 100 Å². The number of benzodiazepines with no additional fused rings is 1. The van der Waals surface area contributed by atoms with Crippen LogP contribution in [0.4, 0.5) is 17.1 Å². The highest BCUT2D eigenvalue weighted by Crippen LogP contribution is 2.31. The van der Waals surface area contributed by atoms with Crippen molar-refractivity contribution in [3.63, 3.8) is 0 Å². The van der Waals surface area contributed by atoms with Crippen LogP contribution in [0.2, 0.25) is 0 Å². The van der Waals surface area contributed by atoms with Gasteiger partial charge in [0, 0.05) is 61.7 Å². The lowest BCUT2D eigenvalue weighted by Crippen LogP contribution is -2.46. The first-order valence-corrected chi connectivity index (χ1v) is 12.8. The molecule has 2 aliphatic heterocycles. The number of para-hydroxylation sites is 1. The predicted molar refractivity (Wildman–Crippen MR) is 147 cm³/mol. The molecule has 5 rings (SSSR count). The summed E-state index contributed by atoms with van der Waals surface area (Å²) in [6.07, 6.45) is 1.82. The van der Waals surface area contributed by atoms with E-state index in [1.807, 2.05) is 36.4 Å². The average Bonchev–Trinajstić information content (AvgIpc) is 3.08. The maximum atomic E-state index is 13.1. The summed E-state index contributed by atoms with van der Waals surface area (Å²) >= 11 is 0. The Balaban J connectivity index is 1.23. The minimum absolute atomic E-state index is 0.00803. The Morgan fingerprint density at radius 3 is 2.22 bits per heavy atom. The van der Waals surface area contributed by atoms with Crippen LogP contribution < -0.4 is 9.80 Å². The first-order chi connectivity index (χ1) is 18.1. The van der Waals surface area contributed by atoms with Gasteiger partial charge in [-0.05, 0) is 37.6 Å². The van der Waals surface area contributed by atoms with Gasteiger partial charge in [0.1, 0.15) is 6.54 Å². The monoisotopic (exact) mass is 497 g/mol. The SMILES string of the molecule is O=C1CN=C(c2ccccc2)c2cc([N+](=O)[O-])ccc2N1CCCCN1CCN(c2ccccc2)CC1. The van der Waals surface area contributed by atoms with Crippen molar-refractivity contribution in [1.82, 2.24) is 4.90 Å². The fourth-order valence-electron chi connectivity index (χ4n) is 5.08. The highest BCUT2D eigenvalue weighted by atomic mass is 16.6. The molecule has 0 saturated carbocycles. The number of hydrogen-bond acceptors (Lipinski definition) is 6. The quantitative estimate of drug-likeness (QED) is 0.262. The number of anilines is 2. The molecule has 0 atom stereocenters. The molecule has 190 valence electrons. The number of carbonyl (C=O) groups excluding carboxylic acids is 1. The number of piperazine rings is 1. The number of aliphatic imine (C=N–C) groups is 1. The van der Waals surface area contributed by atoms with Gasteiger partial charge in [0.25, 0.3) is 5.69 Å². The van der Waals surface area contributed by atoms with Gasteiger partial charge in [0.15, 0.2) is 0 Å². The van der Waals surface area contributed by atoms with E-state index in [9.17, 15) is 14.9 Å². The minimum atomic E-state index is -0.405. The molecule has 37 heavy (non-hydrogen) atoms. The minimum Gasteiger partial charge on any atom is -0.369 e. The third kappa shape index (κ3) is 5.70. The maximum absolute atomic E-state index is 13.1. The number of nitro benzene ring substituents is 1. The van der Waals surface area contributed by atoms with E-state index in [1.165, 1.54) is 11.8 Å². The number of carbonyl (C=O) groups is 1. The molecule has 3 aromatic rings. The fraction of sp³-hybridized carbons (Fsp3) is 0.310. The van der Waals surface area contributed by atoms with Gasteiger partial charge < -0.3 is 9.80 Å². The Kier molecular flexibility index (Phi) is 7.56. The van der Waals surface area contributed by atoms with Crippen LogP contribution in [0.15, 0.2) is 83.9 Å². The third-order valence-corrected chi connectivity index (χ3v) is 7.06. The normalized spacial score (nSPS) is 16.2. The summed E-state index contributed by atoms with van der Waals surface area (Å²) in [6, 6.07) is 24.8. The van der Waals surface area contributed by atoms with Gasteiger partial charge in [-0.3, -0.25) is 24.8 Å². The van der Waals surface area contributed by atoms with Crippen molar-refractivity contribution >= 4 is 28.7 Å². The Morgan fingerprint density at radius 1 is 0.838 bits per heavy atom. The van der Waals surface area contributed by atoms with Crippen LogP contribution in [0.5, 0.6) is 0 Å². The second-order valence-corrected chi connectivity index (χ2v) is 9.41. The van der Waals surface area contributed by atoms with Crippen molar-refractivity contribution in [2.75, 3.05) is 55.6 Å². The summed E-state index contributed by atoms with van der Waals surface area (Å²) in [7, 11) is 0. The summed E-state index contributed by atoms with van der Waals surface area (Å²) in [5.74, 6) is -0.0856. The molecule has 0 radical (unpaired) electrons. The first-order valence-electron chi connectivity index (χ1n) is 12.8. The van der Waals surface area contributed by atoms with E-state index >= 15 is 0 Å². The maximum Gasteiger partial charge on any atom is 0.270 e. The van der Waals surface area contributed by atoms with Gasteiger partial charge in [0.05, 0.1) is 16.3 Å². The van der Waals surface area contributed by atoms with E-state index in [4.69, 9.17) is 0 Å². The molecule has 0 unspecified atom stereocenters. The second kappa shape index (κ2) is 11.3.